The van der Waals surface area contributed by atoms with Gasteiger partial charge in [0, 0.05) is 48.8 Å². The third-order valence-corrected chi connectivity index (χ3v) is 9.02. The van der Waals surface area contributed by atoms with Gasteiger partial charge < -0.3 is 5.11 Å². The van der Waals surface area contributed by atoms with Gasteiger partial charge in [-0.25, -0.2) is 0 Å². The fourth-order valence-electron chi connectivity index (χ4n) is 6.30. The number of aromatic nitrogens is 1. The van der Waals surface area contributed by atoms with E-state index in [0.717, 1.165) is 42.5 Å². The number of allylic oxidation sites excluding steroid dienone is 2. The van der Waals surface area contributed by atoms with Crippen LogP contribution in [0.5, 0.6) is 0 Å². The van der Waals surface area contributed by atoms with E-state index in [0.29, 0.717) is 5.92 Å². The average molecular weight is 741 g/mol. The van der Waals surface area contributed by atoms with Crippen molar-refractivity contribution in [3.05, 3.63) is 89.2 Å². The van der Waals surface area contributed by atoms with Crippen molar-refractivity contribution in [1.29, 1.82) is 0 Å². The van der Waals surface area contributed by atoms with Gasteiger partial charge in [-0.2, -0.15) is 0 Å². The minimum atomic E-state index is -0.0810. The molecule has 1 N–H and O–H groups in total. The van der Waals surface area contributed by atoms with E-state index in [1.807, 2.05) is 33.8 Å². The van der Waals surface area contributed by atoms with Gasteiger partial charge in [0.05, 0.1) is 11.3 Å². The maximum atomic E-state index is 11.7. The van der Waals surface area contributed by atoms with Crippen LogP contribution >= 0.6 is 0 Å². The minimum Gasteiger partial charge on any atom is -0.512 e. The second-order valence-corrected chi connectivity index (χ2v) is 12.2. The third kappa shape index (κ3) is 6.41. The maximum absolute atomic E-state index is 11.7. The zero-order chi connectivity index (χ0) is 29.9. The van der Waals surface area contributed by atoms with Crippen LogP contribution in [0.4, 0.5) is 0 Å². The van der Waals surface area contributed by atoms with Crippen molar-refractivity contribution in [2.75, 3.05) is 0 Å². The number of fused-ring (bicyclic) bond motifs is 3. The molecule has 42 heavy (non-hydrogen) atoms. The Morgan fingerprint density at radius 2 is 1.57 bits per heavy atom. The van der Waals surface area contributed by atoms with Crippen LogP contribution < -0.4 is 0 Å². The molecule has 0 amide bonds. The molecule has 1 heterocycles. The second kappa shape index (κ2) is 14.1. The fourth-order valence-corrected chi connectivity index (χ4v) is 6.30. The van der Waals surface area contributed by atoms with Gasteiger partial charge in [0.25, 0.3) is 0 Å². The molecule has 1 aromatic heterocycles. The summed E-state index contributed by atoms with van der Waals surface area (Å²) in [5, 5.41) is 13.6. The number of ketones is 1. The van der Waals surface area contributed by atoms with Crippen LogP contribution in [0.1, 0.15) is 104 Å². The number of pyridine rings is 1. The molecule has 3 nitrogen and oxygen atoms in total. The molecule has 0 unspecified atom stereocenters. The molecule has 1 aliphatic rings. The van der Waals surface area contributed by atoms with Gasteiger partial charge in [0.15, 0.2) is 5.78 Å². The van der Waals surface area contributed by atoms with Crippen LogP contribution in [-0.2, 0) is 30.3 Å². The predicted octanol–water partition coefficient (Wildman–Crippen LogP) is 10.5. The molecule has 5 rings (SSSR count). The average Bonchev–Trinajstić information content (AvgIpc) is 2.96. The van der Waals surface area contributed by atoms with Gasteiger partial charge >= 0.3 is 0 Å². The summed E-state index contributed by atoms with van der Waals surface area (Å²) in [6.45, 7) is 17.2. The molecule has 3 aromatic carbocycles. The first-order valence-corrected chi connectivity index (χ1v) is 15.4. The van der Waals surface area contributed by atoms with E-state index < -0.39 is 0 Å². The smallest absolute Gasteiger partial charge is 0.162 e. The molecule has 1 aliphatic carbocycles. The molecule has 4 aromatic rings. The first kappa shape index (κ1) is 33.7. The molecule has 0 saturated carbocycles. The number of nitrogens with zero attached hydrogens (tertiary/aromatic N) is 1. The predicted molar refractivity (Wildman–Crippen MR) is 174 cm³/mol. The Morgan fingerprint density at radius 1 is 0.929 bits per heavy atom. The number of benzene rings is 3. The van der Waals surface area contributed by atoms with Gasteiger partial charge in [-0.3, -0.25) is 9.78 Å². The van der Waals surface area contributed by atoms with E-state index in [4.69, 9.17) is 4.98 Å². The molecular weight excluding hydrogens is 695 g/mol. The number of carbonyl (C=O) groups excluding carboxylic acids is 1. The topological polar surface area (TPSA) is 50.2 Å². The van der Waals surface area contributed by atoms with Crippen LogP contribution in [0.25, 0.3) is 32.9 Å². The van der Waals surface area contributed by atoms with Crippen molar-refractivity contribution in [1.82, 2.24) is 4.98 Å². The first-order chi connectivity index (χ1) is 19.6. The standard InChI is InChI=1S/C25H22N.C13H24O2.Ir/c1-15(2)17-10-7-13-22-19(17)14-21-24(26-22)18-11-5-8-16-9-6-12-20(23(16)18)25(21,3)4;1-5-10(6-2)12(14)9-13(15)11(7-3)8-4;/h5-10,12-15H,1-4H3;9-11,14H,5-8H2,1-4H3;/q-1;;/b;12-9-;. The third-order valence-electron chi connectivity index (χ3n) is 9.02. The number of aliphatic hydroxyl groups excluding tert-OH is 1. The second-order valence-electron chi connectivity index (χ2n) is 12.2. The molecule has 0 bridgehead atoms. The summed E-state index contributed by atoms with van der Waals surface area (Å²) in [6, 6.07) is 23.2. The summed E-state index contributed by atoms with van der Waals surface area (Å²) in [6.07, 6.45) is 4.91. The molecule has 0 atom stereocenters. The Balaban J connectivity index is 0.000000263. The van der Waals surface area contributed by atoms with Gasteiger partial charge in [-0.05, 0) is 48.9 Å². The number of hydrogen-bond donors (Lipinski definition) is 1. The van der Waals surface area contributed by atoms with Crippen LogP contribution in [-0.4, -0.2) is 15.9 Å². The summed E-state index contributed by atoms with van der Waals surface area (Å²) in [4.78, 5) is 16.9. The molecular formula is C38H46IrNO2-. The summed E-state index contributed by atoms with van der Waals surface area (Å²) in [5.74, 6) is 1.03. The van der Waals surface area contributed by atoms with Gasteiger partial charge in [0.1, 0.15) is 0 Å². The Labute approximate surface area is 266 Å². The number of carbonyl (C=O) groups is 1. The first-order valence-electron chi connectivity index (χ1n) is 15.4. The zero-order valence-corrected chi connectivity index (χ0v) is 28.9. The molecule has 0 fully saturated rings. The van der Waals surface area contributed by atoms with Crippen LogP contribution in [0.15, 0.2) is 66.4 Å². The molecule has 0 spiro atoms. The van der Waals surface area contributed by atoms with Gasteiger partial charge in [0.2, 0.25) is 0 Å². The van der Waals surface area contributed by atoms with E-state index >= 15 is 0 Å². The van der Waals surface area contributed by atoms with E-state index in [1.165, 1.54) is 38.9 Å². The van der Waals surface area contributed by atoms with Crippen molar-refractivity contribution in [3.8, 4) is 11.3 Å². The molecule has 225 valence electrons. The van der Waals surface area contributed by atoms with E-state index in [1.54, 1.807) is 0 Å². The normalized spacial score (nSPS) is 13.6. The Hall–Kier alpha value is -2.81. The summed E-state index contributed by atoms with van der Waals surface area (Å²) in [7, 11) is 0. The van der Waals surface area contributed by atoms with Crippen molar-refractivity contribution in [2.45, 2.75) is 92.4 Å². The molecule has 0 saturated heterocycles. The fraction of sp³-hybridized carbons (Fsp3) is 0.421. The summed E-state index contributed by atoms with van der Waals surface area (Å²) < 4.78 is 0. The molecule has 1 radical (unpaired) electrons. The van der Waals surface area contributed by atoms with Gasteiger partial charge in [-0.15, -0.1) is 29.1 Å². The van der Waals surface area contributed by atoms with E-state index in [-0.39, 0.29) is 48.9 Å². The van der Waals surface area contributed by atoms with Crippen LogP contribution in [0.2, 0.25) is 0 Å². The Morgan fingerprint density at radius 3 is 2.19 bits per heavy atom. The van der Waals surface area contributed by atoms with E-state index in [9.17, 15) is 9.90 Å². The maximum Gasteiger partial charge on any atom is 0.162 e. The quantitative estimate of drug-likeness (QED) is 0.111. The monoisotopic (exact) mass is 741 g/mol. The SMILES string of the molecule is CC(C)c1cccc2nc3c(cc12)C(C)(C)c1cccc2cc[c-]c-3c12.CCC(CC)C(=O)/C=C(\O)C(CC)CC.[Ir]. The van der Waals surface area contributed by atoms with Crippen LogP contribution in [0, 0.1) is 17.9 Å². The van der Waals surface area contributed by atoms with E-state index in [2.05, 4.69) is 82.3 Å². The van der Waals surface area contributed by atoms with Crippen molar-refractivity contribution in [2.24, 2.45) is 11.8 Å². The zero-order valence-electron chi connectivity index (χ0n) is 26.5. The van der Waals surface area contributed by atoms with Crippen molar-refractivity contribution >= 4 is 27.5 Å². The Kier molecular flexibility index (Phi) is 11.3. The molecule has 0 aliphatic heterocycles. The van der Waals surface area contributed by atoms with Crippen LogP contribution in [0.3, 0.4) is 0 Å². The minimum absolute atomic E-state index is 0. The number of aliphatic hydroxyl groups is 1. The summed E-state index contributed by atoms with van der Waals surface area (Å²) in [5.41, 5.74) is 7.28. The number of rotatable bonds is 8. The Bertz CT molecular complexity index is 1570. The number of hydrogen-bond acceptors (Lipinski definition) is 3. The largest absolute Gasteiger partial charge is 0.512 e. The molecule has 4 heteroatoms. The summed E-state index contributed by atoms with van der Waals surface area (Å²) >= 11 is 0. The van der Waals surface area contributed by atoms with Crippen molar-refractivity contribution < 1.29 is 30.0 Å². The van der Waals surface area contributed by atoms with Crippen molar-refractivity contribution in [3.63, 3.8) is 0 Å². The van der Waals surface area contributed by atoms with Gasteiger partial charge in [-0.1, -0.05) is 108 Å².